The Hall–Kier alpha value is -1.62. The van der Waals surface area contributed by atoms with Gasteiger partial charge in [0.25, 0.3) is 0 Å². The molecule has 1 aliphatic rings. The molecule has 0 bridgehead atoms. The molecule has 0 radical (unpaired) electrons. The highest BCUT2D eigenvalue weighted by Crippen LogP contribution is 2.42. The molecule has 0 spiro atoms. The van der Waals surface area contributed by atoms with E-state index in [0.29, 0.717) is 18.3 Å². The number of pyridine rings is 1. The minimum absolute atomic E-state index is 0.260. The van der Waals surface area contributed by atoms with E-state index in [1.165, 1.54) is 0 Å². The predicted octanol–water partition coefficient (Wildman–Crippen LogP) is 0.926. The molecule has 1 saturated carbocycles. The lowest BCUT2D eigenvalue weighted by molar-refractivity contribution is -0.125. The normalized spacial score (nSPS) is 27.1. The number of nitrogen functional groups attached to an aromatic ring is 1. The van der Waals surface area contributed by atoms with Crippen molar-refractivity contribution in [1.29, 1.82) is 0 Å². The van der Waals surface area contributed by atoms with Gasteiger partial charge in [-0.1, -0.05) is 0 Å². The van der Waals surface area contributed by atoms with Gasteiger partial charge < -0.3 is 17.2 Å². The standard InChI is InChI=1S/C14H22N4O/c15-7-3-10-1-5-14(6-2-10,13(17)19)11-4-8-18-12(16)9-11/h4,8-10H,1-3,5-7,15H2,(H2,16,18)(H2,17,19). The molecule has 1 aromatic rings. The summed E-state index contributed by atoms with van der Waals surface area (Å²) < 4.78 is 0. The van der Waals surface area contributed by atoms with Crippen molar-refractivity contribution < 1.29 is 4.79 Å². The van der Waals surface area contributed by atoms with Crippen LogP contribution in [-0.4, -0.2) is 17.4 Å². The lowest BCUT2D eigenvalue weighted by Gasteiger charge is -2.38. The second-order valence-corrected chi connectivity index (χ2v) is 5.44. The van der Waals surface area contributed by atoms with Gasteiger partial charge in [-0.25, -0.2) is 4.98 Å². The Bertz CT molecular complexity index is 453. The molecule has 6 N–H and O–H groups in total. The van der Waals surface area contributed by atoms with Gasteiger partial charge in [-0.15, -0.1) is 0 Å². The van der Waals surface area contributed by atoms with Crippen LogP contribution in [0, 0.1) is 5.92 Å². The first-order chi connectivity index (χ1) is 9.08. The van der Waals surface area contributed by atoms with Crippen molar-refractivity contribution in [2.24, 2.45) is 17.4 Å². The summed E-state index contributed by atoms with van der Waals surface area (Å²) in [6.07, 6.45) is 6.19. The van der Waals surface area contributed by atoms with Crippen LogP contribution in [-0.2, 0) is 10.2 Å². The number of primary amides is 1. The monoisotopic (exact) mass is 262 g/mol. The Balaban J connectivity index is 2.24. The molecular formula is C14H22N4O. The highest BCUT2D eigenvalue weighted by molar-refractivity contribution is 5.87. The van der Waals surface area contributed by atoms with Crippen molar-refractivity contribution in [3.05, 3.63) is 23.9 Å². The van der Waals surface area contributed by atoms with Gasteiger partial charge in [-0.2, -0.15) is 0 Å². The molecule has 1 aliphatic carbocycles. The maximum atomic E-state index is 12.0. The summed E-state index contributed by atoms with van der Waals surface area (Å²) in [6.45, 7) is 0.705. The molecule has 19 heavy (non-hydrogen) atoms. The Morgan fingerprint density at radius 2 is 2.11 bits per heavy atom. The Morgan fingerprint density at radius 1 is 1.42 bits per heavy atom. The van der Waals surface area contributed by atoms with Gasteiger partial charge >= 0.3 is 0 Å². The number of carbonyl (C=O) groups excluding carboxylic acids is 1. The fraction of sp³-hybridized carbons (Fsp3) is 0.571. The Kier molecular flexibility index (Phi) is 4.04. The van der Waals surface area contributed by atoms with Crippen LogP contribution < -0.4 is 17.2 Å². The Morgan fingerprint density at radius 3 is 2.63 bits per heavy atom. The van der Waals surface area contributed by atoms with Gasteiger partial charge in [0.1, 0.15) is 5.82 Å². The van der Waals surface area contributed by atoms with Gasteiger partial charge in [0.05, 0.1) is 5.41 Å². The van der Waals surface area contributed by atoms with Gasteiger partial charge in [-0.05, 0) is 62.3 Å². The van der Waals surface area contributed by atoms with Crippen molar-refractivity contribution in [2.45, 2.75) is 37.5 Å². The van der Waals surface area contributed by atoms with E-state index in [1.807, 2.05) is 6.07 Å². The molecule has 0 aromatic carbocycles. The maximum Gasteiger partial charge on any atom is 0.228 e. The highest BCUT2D eigenvalue weighted by atomic mass is 16.1. The van der Waals surface area contributed by atoms with Crippen LogP contribution in [0.15, 0.2) is 18.3 Å². The average molecular weight is 262 g/mol. The molecule has 0 unspecified atom stereocenters. The number of hydrogen-bond donors (Lipinski definition) is 3. The number of carbonyl (C=O) groups is 1. The molecule has 1 fully saturated rings. The van der Waals surface area contributed by atoms with Crippen molar-refractivity contribution in [3.63, 3.8) is 0 Å². The van der Waals surface area contributed by atoms with Crippen LogP contribution in [0.2, 0.25) is 0 Å². The third-order valence-electron chi connectivity index (χ3n) is 4.34. The van der Waals surface area contributed by atoms with E-state index in [1.54, 1.807) is 12.3 Å². The quantitative estimate of drug-likeness (QED) is 0.749. The van der Waals surface area contributed by atoms with Crippen LogP contribution in [0.5, 0.6) is 0 Å². The molecule has 1 amide bonds. The number of amides is 1. The number of hydrogen-bond acceptors (Lipinski definition) is 4. The molecule has 5 heteroatoms. The van der Waals surface area contributed by atoms with E-state index in [4.69, 9.17) is 17.2 Å². The molecule has 2 rings (SSSR count). The van der Waals surface area contributed by atoms with E-state index >= 15 is 0 Å². The van der Waals surface area contributed by atoms with Gasteiger partial charge in [0, 0.05) is 6.20 Å². The predicted molar refractivity (Wildman–Crippen MR) is 75.2 cm³/mol. The van der Waals surface area contributed by atoms with Gasteiger partial charge in [0.15, 0.2) is 0 Å². The van der Waals surface area contributed by atoms with Crippen LogP contribution in [0.25, 0.3) is 0 Å². The third-order valence-corrected chi connectivity index (χ3v) is 4.34. The fourth-order valence-electron chi connectivity index (χ4n) is 3.12. The largest absolute Gasteiger partial charge is 0.384 e. The molecule has 1 aromatic heterocycles. The summed E-state index contributed by atoms with van der Waals surface area (Å²) in [5, 5.41) is 0. The number of nitrogens with two attached hydrogens (primary N) is 3. The maximum absolute atomic E-state index is 12.0. The van der Waals surface area contributed by atoms with Gasteiger partial charge in [0.2, 0.25) is 5.91 Å². The Labute approximate surface area is 113 Å². The summed E-state index contributed by atoms with van der Waals surface area (Å²) in [5.74, 6) is 0.781. The molecule has 1 heterocycles. The lowest BCUT2D eigenvalue weighted by atomic mass is 9.66. The second kappa shape index (κ2) is 5.57. The molecule has 5 nitrogen and oxygen atoms in total. The molecular weight excluding hydrogens is 240 g/mol. The third kappa shape index (κ3) is 2.71. The molecule has 0 saturated heterocycles. The molecule has 104 valence electrons. The van der Waals surface area contributed by atoms with Crippen LogP contribution in [0.3, 0.4) is 0 Å². The number of nitrogens with zero attached hydrogens (tertiary/aromatic N) is 1. The zero-order chi connectivity index (χ0) is 13.9. The zero-order valence-corrected chi connectivity index (χ0v) is 11.1. The fourth-order valence-corrected chi connectivity index (χ4v) is 3.12. The molecule has 0 atom stereocenters. The van der Waals surface area contributed by atoms with Gasteiger partial charge in [-0.3, -0.25) is 4.79 Å². The topological polar surface area (TPSA) is 108 Å². The lowest BCUT2D eigenvalue weighted by Crippen LogP contribution is -2.44. The summed E-state index contributed by atoms with van der Waals surface area (Å²) in [7, 11) is 0. The van der Waals surface area contributed by atoms with Crippen molar-refractivity contribution in [3.8, 4) is 0 Å². The van der Waals surface area contributed by atoms with Crippen LogP contribution in [0.4, 0.5) is 5.82 Å². The smallest absolute Gasteiger partial charge is 0.228 e. The van der Waals surface area contributed by atoms with E-state index < -0.39 is 5.41 Å². The summed E-state index contributed by atoms with van der Waals surface area (Å²) in [4.78, 5) is 16.0. The average Bonchev–Trinajstić information content (AvgIpc) is 2.40. The number of aromatic nitrogens is 1. The van der Waals surface area contributed by atoms with Crippen LogP contribution in [0.1, 0.15) is 37.7 Å². The van der Waals surface area contributed by atoms with Crippen molar-refractivity contribution in [1.82, 2.24) is 4.98 Å². The second-order valence-electron chi connectivity index (χ2n) is 5.44. The summed E-state index contributed by atoms with van der Waals surface area (Å²) in [6, 6.07) is 3.62. The minimum Gasteiger partial charge on any atom is -0.384 e. The van der Waals surface area contributed by atoms with Crippen LogP contribution >= 0.6 is 0 Å². The molecule has 0 aliphatic heterocycles. The van der Waals surface area contributed by atoms with E-state index in [-0.39, 0.29) is 5.91 Å². The number of anilines is 1. The number of rotatable bonds is 4. The summed E-state index contributed by atoms with van der Waals surface area (Å²) in [5.41, 5.74) is 17.3. The minimum atomic E-state index is -0.581. The van der Waals surface area contributed by atoms with E-state index in [0.717, 1.165) is 37.7 Å². The zero-order valence-electron chi connectivity index (χ0n) is 11.1. The first-order valence-electron chi connectivity index (χ1n) is 6.80. The SMILES string of the molecule is NCCC1CCC(C(N)=O)(c2ccnc(N)c2)CC1. The first-order valence-corrected chi connectivity index (χ1v) is 6.80. The van der Waals surface area contributed by atoms with Crippen molar-refractivity contribution in [2.75, 3.05) is 12.3 Å². The first kappa shape index (κ1) is 13.8. The summed E-state index contributed by atoms with van der Waals surface area (Å²) >= 11 is 0. The van der Waals surface area contributed by atoms with Crippen molar-refractivity contribution >= 4 is 11.7 Å². The highest BCUT2D eigenvalue weighted by Gasteiger charge is 2.41. The van der Waals surface area contributed by atoms with E-state index in [9.17, 15) is 4.79 Å². The van der Waals surface area contributed by atoms with E-state index in [2.05, 4.69) is 4.98 Å².